The molecule has 0 radical (unpaired) electrons. The third kappa shape index (κ3) is 14.4. The molecule has 3 aromatic heterocycles. The van der Waals surface area contributed by atoms with Crippen LogP contribution in [0.2, 0.25) is 5.02 Å². The molecule has 3 heterocycles. The summed E-state index contributed by atoms with van der Waals surface area (Å²) >= 11 is 6.80. The van der Waals surface area contributed by atoms with Gasteiger partial charge in [-0.3, -0.25) is 33.3 Å². The quantitative estimate of drug-likeness (QED) is 0.0354. The van der Waals surface area contributed by atoms with Gasteiger partial charge in [-0.25, -0.2) is 35.2 Å². The lowest BCUT2D eigenvalue weighted by Crippen LogP contribution is -2.40. The Labute approximate surface area is 495 Å². The predicted octanol–water partition coefficient (Wildman–Crippen LogP) is 10.1. The maximum atomic E-state index is 15.7. The van der Waals surface area contributed by atoms with Gasteiger partial charge in [0.2, 0.25) is 29.2 Å². The topological polar surface area (TPSA) is 270 Å². The van der Waals surface area contributed by atoms with Crippen molar-refractivity contribution in [3.63, 3.8) is 0 Å². The maximum Gasteiger partial charge on any atom is 0.524 e. The maximum absolute atomic E-state index is 15.7. The number of nitrogens with one attached hydrogen (secondary N) is 1. The van der Waals surface area contributed by atoms with Gasteiger partial charge in [0.25, 0.3) is 5.92 Å². The summed E-state index contributed by atoms with van der Waals surface area (Å²) in [6, 6.07) is 6.81. The Balaban J connectivity index is 1.36. The number of anilines is 1. The van der Waals surface area contributed by atoms with Gasteiger partial charge >= 0.3 is 20.2 Å². The van der Waals surface area contributed by atoms with Gasteiger partial charge in [0, 0.05) is 65.2 Å². The van der Waals surface area contributed by atoms with E-state index in [-0.39, 0.29) is 48.0 Å². The summed E-state index contributed by atoms with van der Waals surface area (Å²) < 4.78 is 232. The van der Waals surface area contributed by atoms with Crippen molar-refractivity contribution in [2.45, 2.75) is 114 Å². The number of carbonyl (C=O) groups excluding carboxylic acids is 2. The average molecular weight is 1330 g/mol. The third-order valence-corrected chi connectivity index (χ3v) is 19.0. The number of hydrogen-bond acceptors (Lipinski definition) is 12. The average Bonchev–Trinajstić information content (AvgIpc) is 1.52. The van der Waals surface area contributed by atoms with Gasteiger partial charge in [-0.05, 0) is 98.5 Å². The minimum atomic E-state index is -5.45. The Bertz CT molecular complexity index is 4180. The van der Waals surface area contributed by atoms with Crippen molar-refractivity contribution in [1.82, 2.24) is 29.9 Å². The number of pyridine rings is 1. The first-order chi connectivity index (χ1) is 39.6. The van der Waals surface area contributed by atoms with Crippen molar-refractivity contribution in [3.8, 4) is 28.7 Å². The fourth-order valence-electron chi connectivity index (χ4n) is 10.6. The number of sulfone groups is 1. The summed E-state index contributed by atoms with van der Waals surface area (Å²) in [4.78, 5) is 64.1. The van der Waals surface area contributed by atoms with Gasteiger partial charge in [-0.1, -0.05) is 43.5 Å². The molecular formula is C53H52ClF10N7O12P2S2. The van der Waals surface area contributed by atoms with Crippen molar-refractivity contribution in [3.05, 3.63) is 122 Å². The number of rotatable bonds is 18. The molecule has 6 aromatic rings. The summed E-state index contributed by atoms with van der Waals surface area (Å²) in [6.45, 7) is 3.86. The van der Waals surface area contributed by atoms with Crippen LogP contribution >= 0.6 is 26.8 Å². The number of aryl methyl sites for hydroxylation is 1. The fourth-order valence-corrected chi connectivity index (χ4v) is 13.3. The van der Waals surface area contributed by atoms with E-state index in [2.05, 4.69) is 32.3 Å². The van der Waals surface area contributed by atoms with Crippen LogP contribution in [0.4, 0.5) is 49.7 Å². The smallest absolute Gasteiger partial charge is 0.404 e. The molecule has 0 spiro atoms. The van der Waals surface area contributed by atoms with E-state index in [0.717, 1.165) is 55.4 Å². The van der Waals surface area contributed by atoms with Crippen molar-refractivity contribution in [1.29, 1.82) is 0 Å². The summed E-state index contributed by atoms with van der Waals surface area (Å²) in [5.41, 5.74) is -8.50. The number of hydrogen-bond donors (Lipinski definition) is 4. The first kappa shape index (κ1) is 66.6. The van der Waals surface area contributed by atoms with Crippen LogP contribution in [0.15, 0.2) is 54.6 Å². The predicted molar refractivity (Wildman–Crippen MR) is 296 cm³/mol. The van der Waals surface area contributed by atoms with Crippen LogP contribution in [-0.2, 0) is 81.8 Å². The van der Waals surface area contributed by atoms with Gasteiger partial charge < -0.3 is 14.7 Å². The van der Waals surface area contributed by atoms with E-state index in [1.807, 2.05) is 0 Å². The summed E-state index contributed by atoms with van der Waals surface area (Å²) in [7, 11) is -18.6. The lowest BCUT2D eigenvalue weighted by Gasteiger charge is -2.32. The third-order valence-electron chi connectivity index (χ3n) is 14.3. The van der Waals surface area contributed by atoms with Crippen LogP contribution < -0.4 is 14.1 Å². The Hall–Kier alpha value is -6.38. The van der Waals surface area contributed by atoms with Crippen LogP contribution in [0.1, 0.15) is 103 Å². The number of fused-ring (bicyclic) bond motifs is 4. The molecule has 4 N–H and O–H groups in total. The minimum Gasteiger partial charge on any atom is -0.404 e. The highest BCUT2D eigenvalue weighted by molar-refractivity contribution is 7.93. The zero-order chi connectivity index (χ0) is 65.1. The number of amides is 2. The molecule has 8 rings (SSSR count). The van der Waals surface area contributed by atoms with Crippen LogP contribution in [-0.4, -0.2) is 98.0 Å². The fraction of sp³-hybridized carbons (Fsp3) is 0.415. The number of aromatic nitrogens is 5. The van der Waals surface area contributed by atoms with E-state index in [4.69, 9.17) is 16.1 Å². The molecule has 87 heavy (non-hydrogen) atoms. The van der Waals surface area contributed by atoms with E-state index in [9.17, 15) is 76.6 Å². The Kier molecular flexibility index (Phi) is 17.3. The number of alkyl halides is 8. The van der Waals surface area contributed by atoms with Crippen molar-refractivity contribution in [2.75, 3.05) is 23.5 Å². The molecule has 2 aliphatic carbocycles. The summed E-state index contributed by atoms with van der Waals surface area (Å²) in [6.07, 6.45) is -12.0. The first-order valence-electron chi connectivity index (χ1n) is 25.6. The largest absolute Gasteiger partial charge is 0.524 e. The number of halogens is 11. The Morgan fingerprint density at radius 2 is 1.54 bits per heavy atom. The molecule has 34 heteroatoms. The van der Waals surface area contributed by atoms with Gasteiger partial charge in [0.15, 0.2) is 21.3 Å². The lowest BCUT2D eigenvalue weighted by molar-refractivity contribution is -0.143. The number of sulfonamides is 1. The molecule has 470 valence electrons. The van der Waals surface area contributed by atoms with Gasteiger partial charge in [0.1, 0.15) is 46.6 Å². The molecular weight excluding hydrogens is 1280 g/mol. The van der Waals surface area contributed by atoms with Crippen LogP contribution in [0, 0.1) is 36.3 Å². The van der Waals surface area contributed by atoms with E-state index in [1.54, 1.807) is 0 Å². The van der Waals surface area contributed by atoms with Crippen LogP contribution in [0.25, 0.3) is 22.0 Å². The Morgan fingerprint density at radius 3 is 2.10 bits per heavy atom. The molecule has 0 bridgehead atoms. The van der Waals surface area contributed by atoms with Gasteiger partial charge in [-0.2, -0.15) is 49.6 Å². The number of phosphoric ester groups is 1. The number of nitrogens with zero attached hydrogens (tertiary/aromatic N) is 6. The molecule has 0 aliphatic heterocycles. The summed E-state index contributed by atoms with van der Waals surface area (Å²) in [5.74, 6) is -8.57. The molecule has 3 aromatic carbocycles. The monoisotopic (exact) mass is 1330 g/mol. The number of carbonyl (C=O) groups is 2. The van der Waals surface area contributed by atoms with E-state index >= 15 is 17.6 Å². The molecule has 4 atom stereocenters. The second-order valence-electron chi connectivity index (χ2n) is 22.6. The highest BCUT2D eigenvalue weighted by atomic mass is 35.5. The van der Waals surface area contributed by atoms with Crippen molar-refractivity contribution >= 4 is 75.2 Å². The van der Waals surface area contributed by atoms with Crippen molar-refractivity contribution < 1.29 is 98.7 Å². The van der Waals surface area contributed by atoms with Crippen LogP contribution in [0.5, 0.6) is 5.75 Å². The zero-order valence-corrected chi connectivity index (χ0v) is 50.9. The van der Waals surface area contributed by atoms with Gasteiger partial charge in [0.05, 0.1) is 33.9 Å². The second kappa shape index (κ2) is 22.6. The molecule has 1 unspecified atom stereocenters. The normalized spacial score (nSPS) is 17.2. The number of benzene rings is 3. The van der Waals surface area contributed by atoms with E-state index < -0.39 is 198 Å². The second-order valence-corrected chi connectivity index (χ2v) is 31.0. The van der Waals surface area contributed by atoms with E-state index in [1.165, 1.54) is 40.7 Å². The standard InChI is InChI=1S/C53H52ClF10N7O12P2S2/c1-26-15-28(24-84(6,74)75)43(38(16-26)83-85(76,77)78)49(2,3)22-40(73)71(87(8,81)82)48-42-36(54)12-11-33(45(42)70(68-48)25-51(57,58)59)32-10-9-31(13-14-50(4,5)86(7,79)80)65-44(32)37(19-27-17-29(55)20-30(56)18-27)66-39(72)23-69-47-41(46(67-69)53(62,63)64)34-21-35(34)52(47,60)61/h9-12,15-18,20,34-35,37H,19,21-25H2,1-8H3,(H,66,72)(H,74,75)(H2,76,77,78)/t34-,35+,37-/m0/s1. The SMILES string of the molecule is Cc1cc(CP(C)(=O)O)c(C(C)(C)CC(=O)N(c2nn(CC(F)(F)F)c3c(-c4ccc(C#CC(C)(C)S(C)(=O)=O)nc4[C@H](Cc4cc(F)cc(F)c4)NC(=O)Cn4nc(C(F)(F)F)c5c4C(F)(F)[C@@H]4C[C@H]54)ccc(Cl)c23)S(C)(=O)=O)c(OP(=O)(O)O)c1. The zero-order valence-electron chi connectivity index (χ0n) is 46.7. The minimum absolute atomic E-state index is 0.0140. The molecule has 19 nitrogen and oxygen atoms in total. The lowest BCUT2D eigenvalue weighted by atomic mass is 9.78. The molecule has 1 fully saturated rings. The Morgan fingerprint density at radius 1 is 0.920 bits per heavy atom. The number of phosphoric acid groups is 1. The highest BCUT2D eigenvalue weighted by Crippen LogP contribution is 2.68. The van der Waals surface area contributed by atoms with Crippen LogP contribution in [0.3, 0.4) is 0 Å². The van der Waals surface area contributed by atoms with Crippen molar-refractivity contribution in [2.24, 2.45) is 5.92 Å². The molecule has 2 amide bonds. The first-order valence-corrected chi connectivity index (χ1v) is 33.5. The van der Waals surface area contributed by atoms with E-state index in [0.29, 0.717) is 12.3 Å². The molecule has 1 saturated carbocycles. The van der Waals surface area contributed by atoms with Gasteiger partial charge in [-0.15, -0.1) is 0 Å². The highest BCUT2D eigenvalue weighted by Gasteiger charge is 2.68. The molecule has 0 saturated heterocycles. The summed E-state index contributed by atoms with van der Waals surface area (Å²) in [5, 5.41) is 8.51. The molecule has 2 aliphatic rings.